The predicted molar refractivity (Wildman–Crippen MR) is 122 cm³/mol. The summed E-state index contributed by atoms with van der Waals surface area (Å²) in [4.78, 5) is 8.55. The maximum absolute atomic E-state index is 14.0. The molecule has 0 fully saturated rings. The van der Waals surface area contributed by atoms with Gasteiger partial charge in [-0.15, -0.1) is 0 Å². The van der Waals surface area contributed by atoms with E-state index < -0.39 is 9.18 Å². The second-order valence-corrected chi connectivity index (χ2v) is 11.0. The Bertz CT molecular complexity index is 1310. The van der Waals surface area contributed by atoms with E-state index in [9.17, 15) is 8.78 Å². The number of halogens is 5. The van der Waals surface area contributed by atoms with E-state index in [0.717, 1.165) is 38.1 Å². The number of hydrogen-bond donors (Lipinski definition) is 0. The second-order valence-electron chi connectivity index (χ2n) is 6.59. The standard InChI is InChI=1S/C21H10Br3F2N3/c22-18-14-6-8-17(26)28-20(14)29(19(18)11-1-3-12(25)4-2-11)13-5-7-16-15(9-13)21(23,24)10-27-16/h1-10H. The van der Waals surface area contributed by atoms with Crippen molar-refractivity contribution in [1.82, 2.24) is 9.55 Å². The van der Waals surface area contributed by atoms with E-state index in [2.05, 4.69) is 57.8 Å². The average Bonchev–Trinajstić information content (AvgIpc) is 3.16. The average molecular weight is 582 g/mol. The first-order valence-corrected chi connectivity index (χ1v) is 10.9. The molecule has 2 aromatic carbocycles. The Balaban J connectivity index is 1.85. The quantitative estimate of drug-likeness (QED) is 0.179. The Hall–Kier alpha value is -1.90. The molecule has 0 amide bonds. The molecule has 0 saturated carbocycles. The monoisotopic (exact) mass is 579 g/mol. The van der Waals surface area contributed by atoms with Crippen molar-refractivity contribution in [2.45, 2.75) is 3.23 Å². The van der Waals surface area contributed by atoms with Crippen molar-refractivity contribution in [1.29, 1.82) is 0 Å². The third-order valence-electron chi connectivity index (χ3n) is 4.80. The Morgan fingerprint density at radius 3 is 2.45 bits per heavy atom. The summed E-state index contributed by atoms with van der Waals surface area (Å²) in [6.07, 6.45) is 1.77. The summed E-state index contributed by atoms with van der Waals surface area (Å²) in [6.45, 7) is 0. The molecule has 0 unspecified atom stereocenters. The fourth-order valence-corrected chi connectivity index (χ4v) is 5.03. The highest BCUT2D eigenvalue weighted by molar-refractivity contribution is 9.25. The minimum absolute atomic E-state index is 0.324. The topological polar surface area (TPSA) is 30.2 Å². The van der Waals surface area contributed by atoms with Gasteiger partial charge < -0.3 is 0 Å². The van der Waals surface area contributed by atoms with Crippen LogP contribution in [0.25, 0.3) is 28.0 Å². The number of nitrogens with zero attached hydrogens (tertiary/aromatic N) is 3. The molecule has 0 atom stereocenters. The highest BCUT2D eigenvalue weighted by atomic mass is 79.9. The fraction of sp³-hybridized carbons (Fsp3) is 0.0476. The maximum atomic E-state index is 14.0. The van der Waals surface area contributed by atoms with Gasteiger partial charge in [-0.3, -0.25) is 9.56 Å². The lowest BCUT2D eigenvalue weighted by molar-refractivity contribution is 0.587. The second kappa shape index (κ2) is 6.82. The fourth-order valence-electron chi connectivity index (χ4n) is 3.48. The number of aliphatic imine (C=N–C) groups is 1. The molecule has 1 aliphatic heterocycles. The smallest absolute Gasteiger partial charge is 0.214 e. The highest BCUT2D eigenvalue weighted by Crippen LogP contribution is 2.47. The Kier molecular flexibility index (Phi) is 4.49. The van der Waals surface area contributed by atoms with Crippen LogP contribution in [0.2, 0.25) is 0 Å². The van der Waals surface area contributed by atoms with Gasteiger partial charge in [0.25, 0.3) is 0 Å². The molecule has 8 heteroatoms. The summed E-state index contributed by atoms with van der Waals surface area (Å²) in [6, 6.07) is 15.0. The number of pyridine rings is 1. The molecule has 0 saturated heterocycles. The van der Waals surface area contributed by atoms with Crippen LogP contribution in [-0.4, -0.2) is 15.8 Å². The summed E-state index contributed by atoms with van der Waals surface area (Å²) in [5.41, 5.74) is 4.54. The maximum Gasteiger partial charge on any atom is 0.214 e. The largest absolute Gasteiger partial charge is 0.293 e. The summed E-state index contributed by atoms with van der Waals surface area (Å²) in [7, 11) is 0. The van der Waals surface area contributed by atoms with Gasteiger partial charge in [0.2, 0.25) is 5.95 Å². The third kappa shape index (κ3) is 3.08. The molecular formula is C21H10Br3F2N3. The van der Waals surface area contributed by atoms with Crippen LogP contribution in [0, 0.1) is 11.8 Å². The molecular weight excluding hydrogens is 572 g/mol. The van der Waals surface area contributed by atoms with Crippen molar-refractivity contribution in [3.8, 4) is 16.9 Å². The van der Waals surface area contributed by atoms with E-state index >= 15 is 0 Å². The van der Waals surface area contributed by atoms with Crippen LogP contribution in [0.3, 0.4) is 0 Å². The van der Waals surface area contributed by atoms with Gasteiger partial charge in [-0.1, -0.05) is 31.9 Å². The van der Waals surface area contributed by atoms with Crippen molar-refractivity contribution in [2.24, 2.45) is 4.99 Å². The lowest BCUT2D eigenvalue weighted by Crippen LogP contribution is -2.07. The number of benzene rings is 2. The molecule has 144 valence electrons. The first-order chi connectivity index (χ1) is 13.8. The van der Waals surface area contributed by atoms with Gasteiger partial charge >= 0.3 is 0 Å². The van der Waals surface area contributed by atoms with Gasteiger partial charge in [0.15, 0.2) is 0 Å². The van der Waals surface area contributed by atoms with Crippen molar-refractivity contribution in [3.63, 3.8) is 0 Å². The van der Waals surface area contributed by atoms with E-state index in [4.69, 9.17) is 0 Å². The van der Waals surface area contributed by atoms with E-state index in [-0.39, 0.29) is 5.82 Å². The van der Waals surface area contributed by atoms with Crippen molar-refractivity contribution < 1.29 is 8.78 Å². The summed E-state index contributed by atoms with van der Waals surface area (Å²) >= 11 is 10.9. The van der Waals surface area contributed by atoms with Gasteiger partial charge in [0, 0.05) is 22.9 Å². The molecule has 0 aliphatic carbocycles. The SMILES string of the molecule is Fc1ccc(-c2c(Br)c3ccc(F)nc3n2-c2ccc3c(c2)C(Br)(Br)C=N3)cc1. The minimum Gasteiger partial charge on any atom is -0.293 e. The zero-order chi connectivity index (χ0) is 20.3. The summed E-state index contributed by atoms with van der Waals surface area (Å²) < 4.78 is 29.6. The van der Waals surface area contributed by atoms with Crippen LogP contribution in [0.15, 0.2) is 64.1 Å². The normalized spacial score (nSPS) is 14.5. The van der Waals surface area contributed by atoms with Crippen LogP contribution in [0.5, 0.6) is 0 Å². The van der Waals surface area contributed by atoms with Crippen LogP contribution in [0.4, 0.5) is 14.5 Å². The number of aromatic nitrogens is 2. The van der Waals surface area contributed by atoms with Gasteiger partial charge in [-0.05, 0) is 76.1 Å². The number of hydrogen-bond acceptors (Lipinski definition) is 2. The summed E-state index contributed by atoms with van der Waals surface area (Å²) in [5.74, 6) is -0.899. The molecule has 0 spiro atoms. The highest BCUT2D eigenvalue weighted by Gasteiger charge is 2.31. The predicted octanol–water partition coefficient (Wildman–Crippen LogP) is 7.39. The molecule has 1 aliphatic rings. The third-order valence-corrected chi connectivity index (χ3v) is 6.87. The zero-order valence-corrected chi connectivity index (χ0v) is 19.3. The molecule has 4 aromatic rings. The molecule has 3 heterocycles. The van der Waals surface area contributed by atoms with Crippen LogP contribution in [-0.2, 0) is 3.23 Å². The van der Waals surface area contributed by atoms with Crippen LogP contribution >= 0.6 is 47.8 Å². The lowest BCUT2D eigenvalue weighted by atomic mass is 10.1. The Labute approximate surface area is 189 Å². The molecule has 5 rings (SSSR count). The van der Waals surface area contributed by atoms with Crippen molar-refractivity contribution in [3.05, 3.63) is 76.4 Å². The van der Waals surface area contributed by atoms with Crippen LogP contribution < -0.4 is 0 Å². The molecule has 0 bridgehead atoms. The molecule has 0 N–H and O–H groups in total. The van der Waals surface area contributed by atoms with Crippen LogP contribution in [0.1, 0.15) is 5.56 Å². The van der Waals surface area contributed by atoms with Crippen molar-refractivity contribution in [2.75, 3.05) is 0 Å². The summed E-state index contributed by atoms with van der Waals surface area (Å²) in [5, 5.41) is 0.756. The minimum atomic E-state index is -0.575. The van der Waals surface area contributed by atoms with Crippen molar-refractivity contribution >= 4 is 70.7 Å². The lowest BCUT2D eigenvalue weighted by Gasteiger charge is -2.16. The molecule has 29 heavy (non-hydrogen) atoms. The Morgan fingerprint density at radius 1 is 0.931 bits per heavy atom. The first-order valence-electron chi connectivity index (χ1n) is 8.55. The van der Waals surface area contributed by atoms with Gasteiger partial charge in [-0.25, -0.2) is 9.37 Å². The number of rotatable bonds is 2. The van der Waals surface area contributed by atoms with E-state index in [1.165, 1.54) is 18.2 Å². The molecule has 2 aromatic heterocycles. The van der Waals surface area contributed by atoms with Gasteiger partial charge in [0.05, 0.1) is 15.9 Å². The first kappa shape index (κ1) is 19.1. The number of alkyl halides is 2. The van der Waals surface area contributed by atoms with Gasteiger partial charge in [-0.2, -0.15) is 4.39 Å². The molecule has 0 radical (unpaired) electrons. The van der Waals surface area contributed by atoms with E-state index in [1.807, 2.05) is 22.8 Å². The van der Waals surface area contributed by atoms with E-state index in [0.29, 0.717) is 5.65 Å². The molecule has 3 nitrogen and oxygen atoms in total. The zero-order valence-electron chi connectivity index (χ0n) is 14.5. The Morgan fingerprint density at radius 2 is 1.69 bits per heavy atom. The van der Waals surface area contributed by atoms with E-state index in [1.54, 1.807) is 24.4 Å². The van der Waals surface area contributed by atoms with Gasteiger partial charge in [0.1, 0.15) is 14.7 Å². The number of fused-ring (bicyclic) bond motifs is 2.